The fourth-order valence-electron chi connectivity index (χ4n) is 8.68. The lowest BCUT2D eigenvalue weighted by Crippen LogP contribution is -1.92. The number of allylic oxidation sites excluding steroid dienone is 2. The van der Waals surface area contributed by atoms with E-state index in [0.29, 0.717) is 0 Å². The summed E-state index contributed by atoms with van der Waals surface area (Å²) in [5, 5.41) is 7.76. The molecule has 2 fully saturated rings. The second-order valence-electron chi connectivity index (χ2n) is 13.2. The molecular weight excluding hydrogens is 528 g/mol. The van der Waals surface area contributed by atoms with E-state index in [4.69, 9.17) is 0 Å². The molecule has 3 aliphatic rings. The summed E-state index contributed by atoms with van der Waals surface area (Å²) in [6.07, 6.45) is 6.43. The van der Waals surface area contributed by atoms with Crippen molar-refractivity contribution in [2.45, 2.75) is 12.3 Å². The summed E-state index contributed by atoms with van der Waals surface area (Å²) < 4.78 is 0. The van der Waals surface area contributed by atoms with Crippen LogP contribution in [0.3, 0.4) is 0 Å². The van der Waals surface area contributed by atoms with Crippen molar-refractivity contribution in [3.8, 4) is 33.4 Å². The van der Waals surface area contributed by atoms with Gasteiger partial charge in [-0.15, -0.1) is 0 Å². The van der Waals surface area contributed by atoms with E-state index >= 15 is 0 Å². The fraction of sp³-hybridized carbons (Fsp3) is 0.136. The number of hydrogen-bond donors (Lipinski definition) is 0. The Labute approximate surface area is 258 Å². The molecule has 0 nitrogen and oxygen atoms in total. The zero-order chi connectivity index (χ0) is 28.8. The molecule has 0 aromatic heterocycles. The van der Waals surface area contributed by atoms with E-state index < -0.39 is 0 Å². The third-order valence-electron chi connectivity index (χ3n) is 10.9. The van der Waals surface area contributed by atoms with Gasteiger partial charge < -0.3 is 0 Å². The monoisotopic (exact) mass is 560 g/mol. The molecule has 5 unspecified atom stereocenters. The molecule has 0 radical (unpaired) electrons. The van der Waals surface area contributed by atoms with Gasteiger partial charge in [0.2, 0.25) is 0 Å². The molecule has 7 aromatic rings. The van der Waals surface area contributed by atoms with Crippen molar-refractivity contribution in [1.82, 2.24) is 0 Å². The Hall–Kier alpha value is -4.94. The van der Waals surface area contributed by atoms with Gasteiger partial charge >= 0.3 is 0 Å². The first-order chi connectivity index (χ1) is 21.8. The van der Waals surface area contributed by atoms with Gasteiger partial charge in [0, 0.05) is 0 Å². The molecular formula is C44H32. The quantitative estimate of drug-likeness (QED) is 0.148. The minimum atomic E-state index is 0.730. The summed E-state index contributed by atoms with van der Waals surface area (Å²) in [7, 11) is 0. The summed E-state index contributed by atoms with van der Waals surface area (Å²) in [4.78, 5) is 0. The Kier molecular flexibility index (Phi) is 5.17. The molecule has 0 amide bonds. The van der Waals surface area contributed by atoms with Crippen LogP contribution >= 0.6 is 0 Å². The molecule has 0 spiro atoms. The highest BCUT2D eigenvalue weighted by Gasteiger charge is 2.61. The lowest BCUT2D eigenvalue weighted by molar-refractivity contribution is 0.622. The summed E-state index contributed by atoms with van der Waals surface area (Å²) in [6, 6.07) is 52.1. The van der Waals surface area contributed by atoms with Crippen LogP contribution in [0.5, 0.6) is 0 Å². The minimum Gasteiger partial charge on any atom is -0.0848 e. The van der Waals surface area contributed by atoms with Crippen LogP contribution in [0.2, 0.25) is 0 Å². The summed E-state index contributed by atoms with van der Waals surface area (Å²) >= 11 is 0. The molecule has 7 aromatic carbocycles. The van der Waals surface area contributed by atoms with E-state index in [1.165, 1.54) is 77.7 Å². The van der Waals surface area contributed by atoms with Gasteiger partial charge in [-0.3, -0.25) is 0 Å². The summed E-state index contributed by atoms with van der Waals surface area (Å²) in [5.74, 6) is 4.24. The van der Waals surface area contributed by atoms with Gasteiger partial charge in [0.1, 0.15) is 0 Å². The van der Waals surface area contributed by atoms with Gasteiger partial charge in [-0.1, -0.05) is 146 Å². The van der Waals surface area contributed by atoms with Crippen molar-refractivity contribution in [2.24, 2.45) is 23.7 Å². The molecule has 0 bridgehead atoms. The van der Waals surface area contributed by atoms with Crippen LogP contribution in [-0.4, -0.2) is 0 Å². The molecule has 2 saturated carbocycles. The van der Waals surface area contributed by atoms with Gasteiger partial charge in [0.25, 0.3) is 0 Å². The first-order valence-electron chi connectivity index (χ1n) is 16.1. The maximum absolute atomic E-state index is 2.52. The van der Waals surface area contributed by atoms with Crippen LogP contribution < -0.4 is 0 Å². The number of rotatable bonds is 4. The lowest BCUT2D eigenvalue weighted by Gasteiger charge is -2.19. The van der Waals surface area contributed by atoms with Crippen LogP contribution in [0.15, 0.2) is 152 Å². The maximum atomic E-state index is 2.52. The largest absolute Gasteiger partial charge is 0.0848 e. The predicted molar refractivity (Wildman–Crippen MR) is 186 cm³/mol. The van der Waals surface area contributed by atoms with Crippen molar-refractivity contribution >= 4 is 32.3 Å². The van der Waals surface area contributed by atoms with E-state index in [0.717, 1.165) is 29.6 Å². The van der Waals surface area contributed by atoms with Gasteiger partial charge in [0.05, 0.1) is 0 Å². The lowest BCUT2D eigenvalue weighted by atomic mass is 9.84. The van der Waals surface area contributed by atoms with E-state index in [1.807, 2.05) is 0 Å². The molecule has 0 heterocycles. The second kappa shape index (κ2) is 9.28. The Morgan fingerprint density at radius 1 is 0.455 bits per heavy atom. The third-order valence-corrected chi connectivity index (χ3v) is 10.9. The fourth-order valence-corrected chi connectivity index (χ4v) is 8.68. The van der Waals surface area contributed by atoms with Crippen LogP contribution in [0.25, 0.3) is 65.7 Å². The smallest absolute Gasteiger partial charge is 0.00201 e. The summed E-state index contributed by atoms with van der Waals surface area (Å²) in [5.41, 5.74) is 9.26. The zero-order valence-electron chi connectivity index (χ0n) is 24.5. The standard InChI is InChI=1S/C44H32/c1-2-10-29(11-3-1)41-35-14-6-7-15-36(35)43(34-16-8-12-28-9-4-5-13-33(28)34)37-23-21-31(25-40(37)41)27-17-19-30(20-18-27)42-38-24-22-32-26-39(32)44(38)42/h1-25,32,38-39,42,44H,26H2. The summed E-state index contributed by atoms with van der Waals surface area (Å²) in [6.45, 7) is 0. The van der Waals surface area contributed by atoms with Crippen LogP contribution in [0, 0.1) is 23.7 Å². The van der Waals surface area contributed by atoms with Gasteiger partial charge in [-0.25, -0.2) is 0 Å². The molecule has 208 valence electrons. The molecule has 5 atom stereocenters. The Bertz CT molecular complexity index is 2270. The van der Waals surface area contributed by atoms with Crippen LogP contribution in [0.1, 0.15) is 17.9 Å². The minimum absolute atomic E-state index is 0.730. The predicted octanol–water partition coefficient (Wildman–Crippen LogP) is 11.7. The normalized spacial score (nSPS) is 23.0. The van der Waals surface area contributed by atoms with Gasteiger partial charge in [-0.05, 0) is 113 Å². The SMILES string of the molecule is C1=CC2C(c3ccc(-c4ccc5c(-c6cccc7ccccc67)c6ccccc6c(-c6ccccc6)c5c4)cc3)C2C2CC12. The van der Waals surface area contributed by atoms with Crippen molar-refractivity contribution in [1.29, 1.82) is 0 Å². The van der Waals surface area contributed by atoms with E-state index in [-0.39, 0.29) is 0 Å². The molecule has 3 aliphatic carbocycles. The maximum Gasteiger partial charge on any atom is -0.00201 e. The third kappa shape index (κ3) is 3.64. The van der Waals surface area contributed by atoms with Crippen molar-refractivity contribution in [3.63, 3.8) is 0 Å². The van der Waals surface area contributed by atoms with E-state index in [9.17, 15) is 0 Å². The average molecular weight is 561 g/mol. The Balaban J connectivity index is 1.19. The van der Waals surface area contributed by atoms with Gasteiger partial charge in [0.15, 0.2) is 0 Å². The number of benzene rings is 7. The number of fused-ring (bicyclic) bond motifs is 6. The van der Waals surface area contributed by atoms with Crippen LogP contribution in [-0.2, 0) is 0 Å². The highest BCUT2D eigenvalue weighted by Crippen LogP contribution is 2.69. The number of hydrogen-bond acceptors (Lipinski definition) is 0. The average Bonchev–Trinajstić information content (AvgIpc) is 4.01. The highest BCUT2D eigenvalue weighted by atomic mass is 14.7. The first kappa shape index (κ1) is 24.5. The van der Waals surface area contributed by atoms with E-state index in [2.05, 4.69) is 152 Å². The first-order valence-corrected chi connectivity index (χ1v) is 16.1. The van der Waals surface area contributed by atoms with Crippen LogP contribution in [0.4, 0.5) is 0 Å². The van der Waals surface area contributed by atoms with E-state index in [1.54, 1.807) is 0 Å². The molecule has 0 aliphatic heterocycles. The molecule has 0 saturated heterocycles. The second-order valence-corrected chi connectivity index (χ2v) is 13.2. The molecule has 44 heavy (non-hydrogen) atoms. The van der Waals surface area contributed by atoms with Crippen molar-refractivity contribution < 1.29 is 0 Å². The molecule has 10 rings (SSSR count). The van der Waals surface area contributed by atoms with Crippen molar-refractivity contribution in [3.05, 3.63) is 157 Å². The Morgan fingerprint density at radius 2 is 1.14 bits per heavy atom. The van der Waals surface area contributed by atoms with Gasteiger partial charge in [-0.2, -0.15) is 0 Å². The highest BCUT2D eigenvalue weighted by molar-refractivity contribution is 6.24. The molecule has 0 N–H and O–H groups in total. The zero-order valence-corrected chi connectivity index (χ0v) is 24.5. The van der Waals surface area contributed by atoms with Crippen molar-refractivity contribution in [2.75, 3.05) is 0 Å². The topological polar surface area (TPSA) is 0 Å². The molecule has 0 heteroatoms. The Morgan fingerprint density at radius 3 is 1.98 bits per heavy atom.